The highest BCUT2D eigenvalue weighted by molar-refractivity contribution is 5.80. The van der Waals surface area contributed by atoms with Gasteiger partial charge < -0.3 is 4.98 Å². The molecule has 3 heterocycles. The molecular formula is C16H20N2. The molecule has 1 aromatic heterocycles. The summed E-state index contributed by atoms with van der Waals surface area (Å²) in [6, 6.07) is 11.7. The van der Waals surface area contributed by atoms with E-state index in [0.717, 1.165) is 5.92 Å². The molecule has 4 rings (SSSR count). The summed E-state index contributed by atoms with van der Waals surface area (Å²) in [5, 5.41) is 1.36. The molecule has 2 bridgehead atoms. The lowest BCUT2D eigenvalue weighted by Gasteiger charge is -2.45. The third-order valence-electron chi connectivity index (χ3n) is 4.75. The number of rotatable bonds is 1. The monoisotopic (exact) mass is 240 g/mol. The summed E-state index contributed by atoms with van der Waals surface area (Å²) in [6.07, 6.45) is 5.61. The van der Waals surface area contributed by atoms with E-state index in [1.807, 2.05) is 0 Å². The first-order valence-electron chi connectivity index (χ1n) is 7.23. The fourth-order valence-electron chi connectivity index (χ4n) is 3.97. The Hall–Kier alpha value is -1.28. The van der Waals surface area contributed by atoms with E-state index in [2.05, 4.69) is 40.2 Å². The molecule has 1 unspecified atom stereocenters. The Morgan fingerprint density at radius 2 is 1.83 bits per heavy atom. The molecule has 0 amide bonds. The molecule has 2 aliphatic rings. The highest BCUT2D eigenvalue weighted by Gasteiger charge is 2.36. The van der Waals surface area contributed by atoms with Crippen LogP contribution in [-0.2, 0) is 0 Å². The van der Waals surface area contributed by atoms with E-state index >= 15 is 0 Å². The number of nitrogens with zero attached hydrogens (tertiary/aromatic N) is 1. The predicted octanol–water partition coefficient (Wildman–Crippen LogP) is 3.71. The molecule has 0 radical (unpaired) electrons. The van der Waals surface area contributed by atoms with Crippen molar-refractivity contribution in [1.82, 2.24) is 9.88 Å². The number of aromatic nitrogens is 1. The Bertz CT molecular complexity index is 502. The third kappa shape index (κ3) is 1.59. The van der Waals surface area contributed by atoms with Crippen molar-refractivity contribution < 1.29 is 0 Å². The van der Waals surface area contributed by atoms with Crippen molar-refractivity contribution in [3.05, 3.63) is 36.0 Å². The second kappa shape index (κ2) is 4.13. The average molecular weight is 240 g/mol. The molecule has 94 valence electrons. The molecule has 0 saturated carbocycles. The summed E-state index contributed by atoms with van der Waals surface area (Å²) < 4.78 is 0. The molecule has 1 N–H and O–H groups in total. The Kier molecular flexibility index (Phi) is 2.44. The topological polar surface area (TPSA) is 19.0 Å². The van der Waals surface area contributed by atoms with Crippen LogP contribution >= 0.6 is 0 Å². The van der Waals surface area contributed by atoms with Crippen molar-refractivity contribution in [3.63, 3.8) is 0 Å². The van der Waals surface area contributed by atoms with Crippen molar-refractivity contribution in [2.45, 2.75) is 31.7 Å². The molecule has 2 fully saturated rings. The zero-order valence-corrected chi connectivity index (χ0v) is 10.7. The second-order valence-electron chi connectivity index (χ2n) is 5.84. The third-order valence-corrected chi connectivity index (χ3v) is 4.75. The van der Waals surface area contributed by atoms with Gasteiger partial charge in [0.15, 0.2) is 0 Å². The van der Waals surface area contributed by atoms with Crippen LogP contribution in [0.3, 0.4) is 0 Å². The highest BCUT2D eigenvalue weighted by Crippen LogP contribution is 2.42. The molecule has 18 heavy (non-hydrogen) atoms. The van der Waals surface area contributed by atoms with Crippen molar-refractivity contribution in [1.29, 1.82) is 0 Å². The molecule has 2 aliphatic heterocycles. The van der Waals surface area contributed by atoms with Crippen LogP contribution in [0.2, 0.25) is 0 Å². The van der Waals surface area contributed by atoms with Crippen LogP contribution in [-0.4, -0.2) is 23.0 Å². The van der Waals surface area contributed by atoms with E-state index in [0.29, 0.717) is 6.04 Å². The van der Waals surface area contributed by atoms with Crippen molar-refractivity contribution in [3.8, 4) is 0 Å². The molecule has 2 saturated heterocycles. The number of para-hydroxylation sites is 1. The number of aromatic amines is 1. The van der Waals surface area contributed by atoms with Gasteiger partial charge in [0.25, 0.3) is 0 Å². The first-order valence-corrected chi connectivity index (χ1v) is 7.23. The molecule has 2 nitrogen and oxygen atoms in total. The van der Waals surface area contributed by atoms with Gasteiger partial charge in [-0.05, 0) is 62.2 Å². The summed E-state index contributed by atoms with van der Waals surface area (Å²) in [5.41, 5.74) is 2.73. The largest absolute Gasteiger partial charge is 0.357 e. The molecule has 0 spiro atoms. The van der Waals surface area contributed by atoms with E-state index in [9.17, 15) is 0 Å². The zero-order valence-electron chi connectivity index (χ0n) is 10.7. The summed E-state index contributed by atoms with van der Waals surface area (Å²) in [5.74, 6) is 0.876. The molecule has 1 atom stereocenters. The normalized spacial score (nSPS) is 31.7. The predicted molar refractivity (Wildman–Crippen MR) is 74.6 cm³/mol. The summed E-state index contributed by atoms with van der Waals surface area (Å²) in [6.45, 7) is 2.58. The van der Waals surface area contributed by atoms with E-state index in [4.69, 9.17) is 0 Å². The van der Waals surface area contributed by atoms with E-state index < -0.39 is 0 Å². The second-order valence-corrected chi connectivity index (χ2v) is 5.84. The van der Waals surface area contributed by atoms with Crippen LogP contribution in [0.5, 0.6) is 0 Å². The number of hydrogen-bond acceptors (Lipinski definition) is 1. The smallest absolute Gasteiger partial charge is 0.0526 e. The van der Waals surface area contributed by atoms with Crippen molar-refractivity contribution in [2.75, 3.05) is 13.1 Å². The standard InChI is InChI=1S/C16H20N2/c1-2-8-14-13(5-1)11-15(17-14)16-12-6-3-9-18(16)10-4-7-12/h1-2,5,8,11-12,16-17H,3-4,6-7,9-10H2. The van der Waals surface area contributed by atoms with Gasteiger partial charge in [-0.2, -0.15) is 0 Å². The number of hydrogen-bond donors (Lipinski definition) is 1. The molecule has 1 aromatic carbocycles. The van der Waals surface area contributed by atoms with Crippen molar-refractivity contribution >= 4 is 10.9 Å². The van der Waals surface area contributed by atoms with Gasteiger partial charge in [-0.1, -0.05) is 18.2 Å². The Labute approximate surface area is 108 Å². The summed E-state index contributed by atoms with van der Waals surface area (Å²) >= 11 is 0. The fourth-order valence-corrected chi connectivity index (χ4v) is 3.97. The number of fused-ring (bicyclic) bond motifs is 3. The van der Waals surface area contributed by atoms with Gasteiger partial charge in [-0.15, -0.1) is 0 Å². The maximum Gasteiger partial charge on any atom is 0.0526 e. The first kappa shape index (κ1) is 10.6. The number of piperidine rings is 2. The summed E-state index contributed by atoms with van der Waals surface area (Å²) in [7, 11) is 0. The van der Waals surface area contributed by atoms with Crippen molar-refractivity contribution in [2.24, 2.45) is 5.92 Å². The average Bonchev–Trinajstić information content (AvgIpc) is 2.81. The van der Waals surface area contributed by atoms with Gasteiger partial charge in [-0.25, -0.2) is 0 Å². The maximum atomic E-state index is 3.65. The number of H-pyrrole nitrogens is 1. The zero-order chi connectivity index (χ0) is 11.9. The van der Waals surface area contributed by atoms with Gasteiger partial charge in [-0.3, -0.25) is 4.90 Å². The molecule has 2 aromatic rings. The lowest BCUT2D eigenvalue weighted by Crippen LogP contribution is -2.43. The van der Waals surface area contributed by atoms with Crippen LogP contribution in [0.25, 0.3) is 10.9 Å². The quantitative estimate of drug-likeness (QED) is 0.805. The van der Waals surface area contributed by atoms with Gasteiger partial charge in [0, 0.05) is 11.2 Å². The van der Waals surface area contributed by atoms with E-state index in [-0.39, 0.29) is 0 Å². The minimum atomic E-state index is 0.653. The minimum absolute atomic E-state index is 0.653. The number of nitrogens with one attached hydrogen (secondary N) is 1. The SMILES string of the molecule is c1ccc2[nH]c(C3C4CCCN3CCC4)cc2c1. The van der Waals surface area contributed by atoms with E-state index in [1.165, 1.54) is 55.4 Å². The molecular weight excluding hydrogens is 220 g/mol. The first-order chi connectivity index (χ1) is 8.92. The Morgan fingerprint density at radius 3 is 2.56 bits per heavy atom. The van der Waals surface area contributed by atoms with Crippen LogP contribution < -0.4 is 0 Å². The lowest BCUT2D eigenvalue weighted by atomic mass is 9.80. The minimum Gasteiger partial charge on any atom is -0.357 e. The van der Waals surface area contributed by atoms with Crippen LogP contribution in [0, 0.1) is 5.92 Å². The van der Waals surface area contributed by atoms with Crippen LogP contribution in [0.1, 0.15) is 37.4 Å². The summed E-state index contributed by atoms with van der Waals surface area (Å²) in [4.78, 5) is 6.35. The van der Waals surface area contributed by atoms with E-state index in [1.54, 1.807) is 0 Å². The number of benzene rings is 1. The maximum absolute atomic E-state index is 3.65. The van der Waals surface area contributed by atoms with Gasteiger partial charge in [0.2, 0.25) is 0 Å². The Balaban J connectivity index is 1.76. The lowest BCUT2D eigenvalue weighted by molar-refractivity contribution is 0.0467. The van der Waals surface area contributed by atoms with Gasteiger partial charge in [0.1, 0.15) is 0 Å². The van der Waals surface area contributed by atoms with Gasteiger partial charge in [0.05, 0.1) is 6.04 Å². The highest BCUT2D eigenvalue weighted by atomic mass is 15.2. The fraction of sp³-hybridized carbons (Fsp3) is 0.500. The van der Waals surface area contributed by atoms with Crippen LogP contribution in [0.4, 0.5) is 0 Å². The Morgan fingerprint density at radius 1 is 1.06 bits per heavy atom. The molecule has 2 heteroatoms. The molecule has 0 aliphatic carbocycles. The van der Waals surface area contributed by atoms with Crippen LogP contribution in [0.15, 0.2) is 30.3 Å². The van der Waals surface area contributed by atoms with Gasteiger partial charge >= 0.3 is 0 Å².